The maximum atomic E-state index is 13.3. The van der Waals surface area contributed by atoms with Crippen LogP contribution in [0.2, 0.25) is 10.0 Å². The van der Waals surface area contributed by atoms with Gasteiger partial charge in [-0.15, -0.1) is 5.10 Å². The zero-order chi connectivity index (χ0) is 27.4. The SMILES string of the molecule is Cn1nnnc1-c1cccc(NC(=O)C2C3CC(OCc4c(-c5c(Cl)cccc5Cl)noc4C4CC4)CC2C3)c1. The molecule has 2 unspecified atom stereocenters. The Kier molecular flexibility index (Phi) is 6.60. The molecule has 4 saturated carbocycles. The Morgan fingerprint density at radius 1 is 1.10 bits per heavy atom. The molecule has 4 aliphatic carbocycles. The highest BCUT2D eigenvalue weighted by Gasteiger charge is 2.51. The molecule has 0 saturated heterocycles. The lowest BCUT2D eigenvalue weighted by Gasteiger charge is -2.51. The Bertz CT molecular complexity index is 1550. The third kappa shape index (κ3) is 4.70. The van der Waals surface area contributed by atoms with Gasteiger partial charge in [-0.25, -0.2) is 4.68 Å². The fraction of sp³-hybridized carbons (Fsp3) is 0.414. The summed E-state index contributed by atoms with van der Waals surface area (Å²) in [6.07, 6.45) is 5.01. The molecule has 4 aliphatic rings. The second-order valence-electron chi connectivity index (χ2n) is 11.1. The first-order chi connectivity index (χ1) is 19.5. The Morgan fingerprint density at radius 2 is 1.85 bits per heavy atom. The number of fused-ring (bicyclic) bond motifs is 2. The molecule has 2 atom stereocenters. The Morgan fingerprint density at radius 3 is 2.55 bits per heavy atom. The fourth-order valence-corrected chi connectivity index (χ4v) is 6.95. The van der Waals surface area contributed by atoms with E-state index in [2.05, 4.69) is 26.0 Å². The number of aromatic nitrogens is 5. The van der Waals surface area contributed by atoms with Crippen LogP contribution >= 0.6 is 23.2 Å². The van der Waals surface area contributed by atoms with E-state index in [4.69, 9.17) is 32.5 Å². The second-order valence-corrected chi connectivity index (χ2v) is 11.9. The summed E-state index contributed by atoms with van der Waals surface area (Å²) in [5.41, 5.74) is 3.88. The van der Waals surface area contributed by atoms with Crippen molar-refractivity contribution in [3.8, 4) is 22.6 Å². The molecule has 9 nitrogen and oxygen atoms in total. The van der Waals surface area contributed by atoms with E-state index in [0.717, 1.165) is 54.7 Å². The maximum Gasteiger partial charge on any atom is 0.228 e. The summed E-state index contributed by atoms with van der Waals surface area (Å²) in [6, 6.07) is 13.1. The summed E-state index contributed by atoms with van der Waals surface area (Å²) < 4.78 is 13.9. The lowest BCUT2D eigenvalue weighted by atomic mass is 9.56. The standard InChI is InChI=1S/C29H28Cl2N6O3/c1-37-28(33-35-36-37)16-4-2-5-19(11-16)32-29(38)24-17-10-18(24)13-20(12-17)39-14-21-26(34-40-27(21)15-8-9-15)25-22(30)6-3-7-23(25)31/h2-7,11,15,17-18,20,24H,8-10,12-14H2,1H3,(H,32,38). The zero-order valence-corrected chi connectivity index (χ0v) is 23.4. The largest absolute Gasteiger partial charge is 0.373 e. The minimum absolute atomic E-state index is 0.00453. The Hall–Kier alpha value is -3.27. The number of tetrazole rings is 1. The molecule has 8 rings (SSSR count). The van der Waals surface area contributed by atoms with Crippen molar-refractivity contribution in [1.82, 2.24) is 25.4 Å². The molecule has 2 heterocycles. The third-order valence-corrected chi connectivity index (χ3v) is 9.12. The van der Waals surface area contributed by atoms with Gasteiger partial charge in [-0.05, 0) is 78.6 Å². The van der Waals surface area contributed by atoms with Gasteiger partial charge in [-0.2, -0.15) is 0 Å². The van der Waals surface area contributed by atoms with Crippen LogP contribution in [0, 0.1) is 17.8 Å². The summed E-state index contributed by atoms with van der Waals surface area (Å²) in [7, 11) is 1.79. The molecule has 0 radical (unpaired) electrons. The van der Waals surface area contributed by atoms with Gasteiger partial charge in [0.1, 0.15) is 11.5 Å². The van der Waals surface area contributed by atoms with Crippen molar-refractivity contribution in [3.63, 3.8) is 0 Å². The van der Waals surface area contributed by atoms with Gasteiger partial charge in [0.15, 0.2) is 5.82 Å². The van der Waals surface area contributed by atoms with E-state index in [1.165, 1.54) is 0 Å². The van der Waals surface area contributed by atoms with Crippen molar-refractivity contribution in [2.75, 3.05) is 5.32 Å². The number of ether oxygens (including phenoxy) is 1. The van der Waals surface area contributed by atoms with Crippen LogP contribution in [0.5, 0.6) is 0 Å². The second kappa shape index (κ2) is 10.3. The van der Waals surface area contributed by atoms with Crippen molar-refractivity contribution in [1.29, 1.82) is 0 Å². The number of hydrogen-bond donors (Lipinski definition) is 1. The number of amides is 1. The van der Waals surface area contributed by atoms with E-state index >= 15 is 0 Å². The number of aryl methyl sites for hydroxylation is 1. The van der Waals surface area contributed by atoms with Gasteiger partial charge in [0.05, 0.1) is 22.8 Å². The number of benzene rings is 2. The van der Waals surface area contributed by atoms with Gasteiger partial charge >= 0.3 is 0 Å². The van der Waals surface area contributed by atoms with Gasteiger partial charge in [-0.3, -0.25) is 4.79 Å². The number of halogens is 2. The van der Waals surface area contributed by atoms with Crippen molar-refractivity contribution < 1.29 is 14.1 Å². The van der Waals surface area contributed by atoms with Gasteiger partial charge < -0.3 is 14.6 Å². The quantitative estimate of drug-likeness (QED) is 0.262. The molecule has 4 fully saturated rings. The molecule has 2 bridgehead atoms. The minimum atomic E-state index is -0.00453. The van der Waals surface area contributed by atoms with Crippen molar-refractivity contribution in [2.24, 2.45) is 24.8 Å². The number of rotatable bonds is 8. The topological polar surface area (TPSA) is 108 Å². The smallest absolute Gasteiger partial charge is 0.228 e. The number of anilines is 1. The summed E-state index contributed by atoms with van der Waals surface area (Å²) in [6.45, 7) is 0.386. The average Bonchev–Trinajstić information content (AvgIpc) is 3.55. The molecule has 11 heteroatoms. The van der Waals surface area contributed by atoms with Crippen LogP contribution in [-0.4, -0.2) is 37.4 Å². The summed E-state index contributed by atoms with van der Waals surface area (Å²) in [5.74, 6) is 2.57. The number of nitrogens with zero attached hydrogens (tertiary/aromatic N) is 5. The average molecular weight is 579 g/mol. The number of hydrogen-bond acceptors (Lipinski definition) is 7. The normalized spacial score (nSPS) is 23.6. The van der Waals surface area contributed by atoms with Gasteiger partial charge in [0, 0.05) is 41.3 Å². The molecule has 2 aromatic carbocycles. The molecule has 1 N–H and O–H groups in total. The number of carbonyl (C=O) groups is 1. The van der Waals surface area contributed by atoms with E-state index in [0.29, 0.717) is 51.5 Å². The van der Waals surface area contributed by atoms with E-state index in [1.54, 1.807) is 11.7 Å². The number of carbonyl (C=O) groups excluding carboxylic acids is 1. The third-order valence-electron chi connectivity index (χ3n) is 8.49. The molecule has 0 spiro atoms. The van der Waals surface area contributed by atoms with E-state index < -0.39 is 0 Å². The van der Waals surface area contributed by atoms with Crippen LogP contribution < -0.4 is 5.32 Å². The predicted octanol–water partition coefficient (Wildman–Crippen LogP) is 6.29. The van der Waals surface area contributed by atoms with Crippen molar-refractivity contribution >= 4 is 34.8 Å². The molecule has 2 aromatic heterocycles. The molecular weight excluding hydrogens is 551 g/mol. The summed E-state index contributed by atoms with van der Waals surface area (Å²) >= 11 is 13.0. The Labute approximate surface area is 241 Å². The minimum Gasteiger partial charge on any atom is -0.373 e. The fourth-order valence-electron chi connectivity index (χ4n) is 6.38. The van der Waals surface area contributed by atoms with Crippen LogP contribution in [-0.2, 0) is 23.2 Å². The summed E-state index contributed by atoms with van der Waals surface area (Å²) in [5, 5.41) is 20.2. The van der Waals surface area contributed by atoms with E-state index in [-0.39, 0.29) is 17.9 Å². The maximum absolute atomic E-state index is 13.3. The molecule has 40 heavy (non-hydrogen) atoms. The molecular formula is C29H28Cl2N6O3. The van der Waals surface area contributed by atoms with Crippen LogP contribution in [0.15, 0.2) is 47.0 Å². The van der Waals surface area contributed by atoms with Crippen LogP contribution in [0.3, 0.4) is 0 Å². The molecule has 0 aliphatic heterocycles. The van der Waals surface area contributed by atoms with Crippen molar-refractivity contribution in [2.45, 2.75) is 50.7 Å². The van der Waals surface area contributed by atoms with E-state index in [1.807, 2.05) is 42.5 Å². The highest BCUT2D eigenvalue weighted by molar-refractivity contribution is 6.39. The van der Waals surface area contributed by atoms with Gasteiger partial charge in [-0.1, -0.05) is 46.6 Å². The van der Waals surface area contributed by atoms with E-state index in [9.17, 15) is 4.79 Å². The highest BCUT2D eigenvalue weighted by Crippen LogP contribution is 2.52. The number of nitrogens with one attached hydrogen (secondary N) is 1. The predicted molar refractivity (Wildman–Crippen MR) is 150 cm³/mol. The lowest BCUT2D eigenvalue weighted by molar-refractivity contribution is -0.142. The molecule has 206 valence electrons. The van der Waals surface area contributed by atoms with Gasteiger partial charge in [0.2, 0.25) is 5.91 Å². The molecule has 4 aromatic rings. The monoisotopic (exact) mass is 578 g/mol. The first-order valence-electron chi connectivity index (χ1n) is 13.6. The molecule has 1 amide bonds. The van der Waals surface area contributed by atoms with Crippen LogP contribution in [0.4, 0.5) is 5.69 Å². The Balaban J connectivity index is 1.01. The summed E-state index contributed by atoms with van der Waals surface area (Å²) in [4.78, 5) is 13.3. The van der Waals surface area contributed by atoms with Crippen LogP contribution in [0.25, 0.3) is 22.6 Å². The van der Waals surface area contributed by atoms with Crippen LogP contribution in [0.1, 0.15) is 49.3 Å². The van der Waals surface area contributed by atoms with Crippen molar-refractivity contribution in [3.05, 3.63) is 63.8 Å². The zero-order valence-electron chi connectivity index (χ0n) is 21.9. The highest BCUT2D eigenvalue weighted by atomic mass is 35.5. The van der Waals surface area contributed by atoms with Gasteiger partial charge in [0.25, 0.3) is 0 Å². The first-order valence-corrected chi connectivity index (χ1v) is 14.4. The lowest BCUT2D eigenvalue weighted by Crippen LogP contribution is -2.51. The first kappa shape index (κ1) is 25.7.